The zero-order valence-electron chi connectivity index (χ0n) is 17.8. The van der Waals surface area contributed by atoms with Crippen molar-refractivity contribution >= 4 is 28.9 Å². The van der Waals surface area contributed by atoms with Crippen LogP contribution in [0.4, 0.5) is 17.1 Å². The van der Waals surface area contributed by atoms with Gasteiger partial charge in [-0.25, -0.2) is 0 Å². The number of nitro benzene ring substituents is 1. The van der Waals surface area contributed by atoms with E-state index in [0.29, 0.717) is 32.7 Å². The minimum absolute atomic E-state index is 0.00822. The molecular weight excluding hydrogens is 396 g/mol. The predicted octanol–water partition coefficient (Wildman–Crippen LogP) is 2.91. The van der Waals surface area contributed by atoms with Gasteiger partial charge in [-0.05, 0) is 49.2 Å². The molecule has 2 aromatic rings. The topological polar surface area (TPSA) is 87.0 Å². The first kappa shape index (κ1) is 20.8. The highest BCUT2D eigenvalue weighted by molar-refractivity contribution is 6.00. The maximum atomic E-state index is 13.1. The molecule has 2 aliphatic rings. The fourth-order valence-electron chi connectivity index (χ4n) is 4.24. The number of non-ortho nitro benzene ring substituents is 1. The number of rotatable bonds is 4. The average Bonchev–Trinajstić information content (AvgIpc) is 3.17. The first-order chi connectivity index (χ1) is 14.8. The van der Waals surface area contributed by atoms with Gasteiger partial charge < -0.3 is 14.7 Å². The quantitative estimate of drug-likeness (QED) is 0.559. The molecule has 0 saturated carbocycles. The molecule has 0 aromatic heterocycles. The number of carbonyl (C=O) groups excluding carboxylic acids is 2. The monoisotopic (exact) mass is 422 g/mol. The lowest BCUT2D eigenvalue weighted by Gasteiger charge is -2.37. The number of benzene rings is 2. The lowest BCUT2D eigenvalue weighted by Crippen LogP contribution is -2.50. The van der Waals surface area contributed by atoms with E-state index in [4.69, 9.17) is 0 Å². The number of hydrogen-bond acceptors (Lipinski definition) is 5. The van der Waals surface area contributed by atoms with E-state index in [0.717, 1.165) is 16.9 Å². The van der Waals surface area contributed by atoms with Gasteiger partial charge in [0.1, 0.15) is 0 Å². The largest absolute Gasteiger partial charge is 0.368 e. The van der Waals surface area contributed by atoms with Crippen LogP contribution in [0.3, 0.4) is 0 Å². The van der Waals surface area contributed by atoms with E-state index in [-0.39, 0.29) is 29.8 Å². The van der Waals surface area contributed by atoms with Crippen molar-refractivity contribution in [3.05, 3.63) is 63.7 Å². The Labute approximate surface area is 181 Å². The van der Waals surface area contributed by atoms with E-state index in [9.17, 15) is 19.7 Å². The number of aryl methyl sites for hydroxylation is 2. The van der Waals surface area contributed by atoms with Gasteiger partial charge in [0.15, 0.2) is 0 Å². The molecule has 2 saturated heterocycles. The summed E-state index contributed by atoms with van der Waals surface area (Å²) in [5.41, 5.74) is 4.13. The number of piperazine rings is 1. The molecule has 0 spiro atoms. The highest BCUT2D eigenvalue weighted by Crippen LogP contribution is 2.28. The van der Waals surface area contributed by atoms with Gasteiger partial charge >= 0.3 is 0 Å². The van der Waals surface area contributed by atoms with Gasteiger partial charge in [-0.15, -0.1) is 0 Å². The minimum atomic E-state index is -0.412. The summed E-state index contributed by atoms with van der Waals surface area (Å²) in [4.78, 5) is 41.7. The summed E-state index contributed by atoms with van der Waals surface area (Å²) >= 11 is 0. The summed E-state index contributed by atoms with van der Waals surface area (Å²) < 4.78 is 0. The molecule has 2 fully saturated rings. The van der Waals surface area contributed by atoms with E-state index in [1.165, 1.54) is 17.7 Å². The third kappa shape index (κ3) is 4.23. The van der Waals surface area contributed by atoms with E-state index >= 15 is 0 Å². The molecule has 0 N–H and O–H groups in total. The van der Waals surface area contributed by atoms with Crippen LogP contribution in [0.5, 0.6) is 0 Å². The van der Waals surface area contributed by atoms with Crippen molar-refractivity contribution in [1.29, 1.82) is 0 Å². The number of amides is 2. The van der Waals surface area contributed by atoms with Crippen LogP contribution in [-0.2, 0) is 9.59 Å². The molecule has 8 nitrogen and oxygen atoms in total. The Morgan fingerprint density at radius 2 is 1.61 bits per heavy atom. The third-order valence-electron chi connectivity index (χ3n) is 6.29. The van der Waals surface area contributed by atoms with Crippen LogP contribution in [0.15, 0.2) is 42.5 Å². The van der Waals surface area contributed by atoms with E-state index < -0.39 is 4.92 Å². The molecule has 31 heavy (non-hydrogen) atoms. The van der Waals surface area contributed by atoms with Gasteiger partial charge in [-0.1, -0.05) is 6.07 Å². The molecule has 0 unspecified atom stereocenters. The SMILES string of the molecule is Cc1ccc(N2C[C@@H](C(=O)N3CCN(c4ccc([N+](=O)[O-])cc4)CC3)CC2=O)cc1C. The van der Waals surface area contributed by atoms with Crippen LogP contribution in [0.1, 0.15) is 17.5 Å². The second-order valence-electron chi connectivity index (χ2n) is 8.26. The summed E-state index contributed by atoms with van der Waals surface area (Å²) in [7, 11) is 0. The van der Waals surface area contributed by atoms with Gasteiger partial charge in [0, 0.05) is 62.7 Å². The zero-order valence-corrected chi connectivity index (χ0v) is 17.8. The highest BCUT2D eigenvalue weighted by atomic mass is 16.6. The van der Waals surface area contributed by atoms with Gasteiger partial charge in [-0.2, -0.15) is 0 Å². The van der Waals surface area contributed by atoms with Crippen LogP contribution in [0.2, 0.25) is 0 Å². The average molecular weight is 422 g/mol. The van der Waals surface area contributed by atoms with Crippen molar-refractivity contribution in [3.8, 4) is 0 Å². The van der Waals surface area contributed by atoms with Crippen molar-refractivity contribution in [1.82, 2.24) is 4.90 Å². The van der Waals surface area contributed by atoms with Crippen molar-refractivity contribution in [2.75, 3.05) is 42.5 Å². The summed E-state index contributed by atoms with van der Waals surface area (Å²) in [6.07, 6.45) is 0.244. The molecule has 2 heterocycles. The Bertz CT molecular complexity index is 1010. The molecular formula is C23H26N4O4. The van der Waals surface area contributed by atoms with Crippen LogP contribution < -0.4 is 9.80 Å². The molecule has 162 valence electrons. The lowest BCUT2D eigenvalue weighted by atomic mass is 10.1. The van der Waals surface area contributed by atoms with Gasteiger partial charge in [0.25, 0.3) is 5.69 Å². The Kier molecular flexibility index (Phi) is 5.63. The molecule has 4 rings (SSSR count). The molecule has 2 aromatic carbocycles. The summed E-state index contributed by atoms with van der Waals surface area (Å²) in [6, 6.07) is 12.4. The normalized spacial score (nSPS) is 19.1. The summed E-state index contributed by atoms with van der Waals surface area (Å²) in [6.45, 7) is 6.94. The number of anilines is 2. The standard InChI is InChI=1S/C23H26N4O4/c1-16-3-4-21(13-17(16)2)26-15-18(14-22(26)28)23(29)25-11-9-24(10-12-25)19-5-7-20(8-6-19)27(30)31/h3-8,13,18H,9-12,14-15H2,1-2H3/t18-/m0/s1. The van der Waals surface area contributed by atoms with Gasteiger partial charge in [0.05, 0.1) is 10.8 Å². The smallest absolute Gasteiger partial charge is 0.269 e. The Balaban J connectivity index is 1.36. The molecule has 0 radical (unpaired) electrons. The molecule has 8 heteroatoms. The molecule has 2 amide bonds. The fraction of sp³-hybridized carbons (Fsp3) is 0.391. The Morgan fingerprint density at radius 1 is 0.968 bits per heavy atom. The Morgan fingerprint density at radius 3 is 2.23 bits per heavy atom. The van der Waals surface area contributed by atoms with Crippen LogP contribution in [0.25, 0.3) is 0 Å². The maximum Gasteiger partial charge on any atom is 0.269 e. The predicted molar refractivity (Wildman–Crippen MR) is 118 cm³/mol. The molecule has 0 aliphatic carbocycles. The first-order valence-electron chi connectivity index (χ1n) is 10.5. The van der Waals surface area contributed by atoms with Crippen molar-refractivity contribution in [3.63, 3.8) is 0 Å². The minimum Gasteiger partial charge on any atom is -0.368 e. The Hall–Kier alpha value is -3.42. The number of hydrogen-bond donors (Lipinski definition) is 0. The van der Waals surface area contributed by atoms with Crippen LogP contribution in [-0.4, -0.2) is 54.4 Å². The van der Waals surface area contributed by atoms with Gasteiger partial charge in [0.2, 0.25) is 11.8 Å². The second kappa shape index (κ2) is 8.37. The van der Waals surface area contributed by atoms with E-state index in [2.05, 4.69) is 4.90 Å². The van der Waals surface area contributed by atoms with Crippen molar-refractivity contribution < 1.29 is 14.5 Å². The number of nitrogens with zero attached hydrogens (tertiary/aromatic N) is 4. The third-order valence-corrected chi connectivity index (χ3v) is 6.29. The summed E-state index contributed by atoms with van der Waals surface area (Å²) in [5.74, 6) is -0.297. The second-order valence-corrected chi connectivity index (χ2v) is 8.26. The summed E-state index contributed by atoms with van der Waals surface area (Å²) in [5, 5.41) is 10.8. The van der Waals surface area contributed by atoms with E-state index in [1.807, 2.05) is 36.9 Å². The highest BCUT2D eigenvalue weighted by Gasteiger charge is 2.38. The van der Waals surface area contributed by atoms with Crippen LogP contribution >= 0.6 is 0 Å². The van der Waals surface area contributed by atoms with Crippen molar-refractivity contribution in [2.45, 2.75) is 20.3 Å². The number of nitro groups is 1. The van der Waals surface area contributed by atoms with Gasteiger partial charge in [-0.3, -0.25) is 19.7 Å². The zero-order chi connectivity index (χ0) is 22.1. The first-order valence-corrected chi connectivity index (χ1v) is 10.5. The van der Waals surface area contributed by atoms with Crippen LogP contribution in [0, 0.1) is 29.9 Å². The maximum absolute atomic E-state index is 13.1. The molecule has 2 aliphatic heterocycles. The lowest BCUT2D eigenvalue weighted by molar-refractivity contribution is -0.384. The van der Waals surface area contributed by atoms with E-state index in [1.54, 1.807) is 17.0 Å². The molecule has 1 atom stereocenters. The number of carbonyl (C=O) groups is 2. The fourth-order valence-corrected chi connectivity index (χ4v) is 4.24. The molecule has 0 bridgehead atoms. The van der Waals surface area contributed by atoms with Crippen molar-refractivity contribution in [2.24, 2.45) is 5.92 Å².